The predicted molar refractivity (Wildman–Crippen MR) is 70.6 cm³/mol. The Morgan fingerprint density at radius 3 is 2.35 bits per heavy atom. The van der Waals surface area contributed by atoms with Gasteiger partial charge in [-0.15, -0.1) is 0 Å². The Kier molecular flexibility index (Phi) is 3.18. The van der Waals surface area contributed by atoms with Crippen molar-refractivity contribution in [3.63, 3.8) is 0 Å². The average Bonchev–Trinajstić information content (AvgIpc) is 2.40. The molecule has 0 aromatic heterocycles. The first-order chi connectivity index (χ1) is 7.75. The fourth-order valence-electron chi connectivity index (χ4n) is 2.03. The number of carbonyl (C=O) groups excluding carboxylic acids is 1. The van der Waals surface area contributed by atoms with Crippen LogP contribution in [0.25, 0.3) is 0 Å². The van der Waals surface area contributed by atoms with E-state index in [4.69, 9.17) is 0 Å². The number of carbonyl (C=O) groups is 1. The molecule has 0 N–H and O–H groups in total. The van der Waals surface area contributed by atoms with Gasteiger partial charge in [-0.1, -0.05) is 0 Å². The summed E-state index contributed by atoms with van der Waals surface area (Å²) in [6.45, 7) is 10.7. The molecule has 2 aliphatic rings. The zero-order chi connectivity index (χ0) is 12.8. The van der Waals surface area contributed by atoms with E-state index in [0.717, 1.165) is 19.5 Å². The number of nitrogens with zero attached hydrogens (tertiary/aromatic N) is 2. The molecule has 0 saturated carbocycles. The van der Waals surface area contributed by atoms with Gasteiger partial charge in [0.2, 0.25) is 0 Å². The van der Waals surface area contributed by atoms with Crippen LogP contribution >= 0.6 is 0 Å². The summed E-state index contributed by atoms with van der Waals surface area (Å²) in [7, 11) is 2.12. The number of hydrogen-bond donors (Lipinski definition) is 0. The van der Waals surface area contributed by atoms with E-state index in [2.05, 4.69) is 49.6 Å². The van der Waals surface area contributed by atoms with Gasteiger partial charge in [0.05, 0.1) is 0 Å². The Balaban J connectivity index is 2.23. The summed E-state index contributed by atoms with van der Waals surface area (Å²) in [4.78, 5) is 14.8. The van der Waals surface area contributed by atoms with Crippen molar-refractivity contribution in [3.05, 3.63) is 11.8 Å². The van der Waals surface area contributed by atoms with Gasteiger partial charge in [-0.25, -0.2) is 0 Å². The number of hydrogen-bond acceptors (Lipinski definition) is 2. The zero-order valence-corrected chi connectivity index (χ0v) is 13.1. The molecule has 2 aliphatic heterocycles. The summed E-state index contributed by atoms with van der Waals surface area (Å²) in [5.74, 6) is 0.318. The van der Waals surface area contributed by atoms with Gasteiger partial charge in [0.15, 0.2) is 0 Å². The molecule has 0 aliphatic carbocycles. The molecule has 96 valence electrons. The van der Waals surface area contributed by atoms with Crippen LogP contribution in [0, 0.1) is 5.41 Å². The van der Waals surface area contributed by atoms with E-state index in [9.17, 15) is 4.79 Å². The van der Waals surface area contributed by atoms with Crippen LogP contribution < -0.4 is 0 Å². The summed E-state index contributed by atoms with van der Waals surface area (Å²) in [6.07, 6.45) is 3.23. The van der Waals surface area contributed by atoms with Gasteiger partial charge in [-0.2, -0.15) is 0 Å². The molecular formula is C13H22N2OSe. The molecule has 0 bridgehead atoms. The van der Waals surface area contributed by atoms with Crippen molar-refractivity contribution in [1.29, 1.82) is 0 Å². The fraction of sp³-hybridized carbons (Fsp3) is 0.769. The molecular weight excluding hydrogens is 279 g/mol. The topological polar surface area (TPSA) is 23.6 Å². The van der Waals surface area contributed by atoms with Crippen LogP contribution in [0.1, 0.15) is 34.1 Å². The van der Waals surface area contributed by atoms with Gasteiger partial charge in [-0.05, 0) is 0 Å². The van der Waals surface area contributed by atoms with Crippen molar-refractivity contribution >= 4 is 21.1 Å². The van der Waals surface area contributed by atoms with E-state index in [0.29, 0.717) is 5.91 Å². The Hall–Kier alpha value is -0.311. The quantitative estimate of drug-likeness (QED) is 0.691. The third-order valence-electron chi connectivity index (χ3n) is 4.19. The maximum atomic E-state index is 12.5. The Morgan fingerprint density at radius 2 is 1.94 bits per heavy atom. The van der Waals surface area contributed by atoms with Gasteiger partial charge >= 0.3 is 110 Å². The van der Waals surface area contributed by atoms with Crippen molar-refractivity contribution in [2.24, 2.45) is 5.41 Å². The summed E-state index contributed by atoms with van der Waals surface area (Å²) >= 11 is 0.231. The van der Waals surface area contributed by atoms with E-state index >= 15 is 0 Å². The van der Waals surface area contributed by atoms with Gasteiger partial charge in [-0.3, -0.25) is 0 Å². The maximum absolute atomic E-state index is 12.5. The molecule has 0 aromatic rings. The fourth-order valence-corrected chi connectivity index (χ4v) is 4.89. The normalized spacial score (nSPS) is 28.4. The molecule has 2 heterocycles. The van der Waals surface area contributed by atoms with E-state index in [-0.39, 0.29) is 24.9 Å². The summed E-state index contributed by atoms with van der Waals surface area (Å²) in [5.41, 5.74) is 1.03. The molecule has 0 unspecified atom stereocenters. The zero-order valence-electron chi connectivity index (χ0n) is 11.4. The average molecular weight is 301 g/mol. The molecule has 17 heavy (non-hydrogen) atoms. The Labute approximate surface area is 111 Å². The summed E-state index contributed by atoms with van der Waals surface area (Å²) < 4.78 is 2.20. The van der Waals surface area contributed by atoms with Crippen LogP contribution in [0.5, 0.6) is 0 Å². The third-order valence-corrected chi connectivity index (χ3v) is 7.44. The summed E-state index contributed by atoms with van der Waals surface area (Å²) in [5, 5.41) is 0. The SMILES string of the molecule is CN1CC=C(N2[Se]C(C)(C)C(C)(C)C2=O)CC1. The Bertz CT molecular complexity index is 374. The molecule has 4 heteroatoms. The second kappa shape index (κ2) is 4.11. The van der Waals surface area contributed by atoms with Crippen LogP contribution in [-0.4, -0.2) is 50.0 Å². The first kappa shape index (κ1) is 13.1. The van der Waals surface area contributed by atoms with E-state index in [1.807, 2.05) is 0 Å². The number of amides is 1. The van der Waals surface area contributed by atoms with Crippen LogP contribution in [0.15, 0.2) is 11.8 Å². The molecule has 2 rings (SSSR count). The number of rotatable bonds is 1. The second-order valence-corrected chi connectivity index (χ2v) is 9.32. The third kappa shape index (κ3) is 2.07. The molecule has 0 atom stereocenters. The van der Waals surface area contributed by atoms with E-state index in [1.165, 1.54) is 5.70 Å². The Morgan fingerprint density at radius 1 is 1.29 bits per heavy atom. The van der Waals surface area contributed by atoms with Gasteiger partial charge in [0.1, 0.15) is 0 Å². The molecule has 0 radical (unpaired) electrons. The van der Waals surface area contributed by atoms with Crippen molar-refractivity contribution in [2.75, 3.05) is 20.1 Å². The molecule has 0 spiro atoms. The van der Waals surface area contributed by atoms with Crippen LogP contribution in [0.3, 0.4) is 0 Å². The minimum atomic E-state index is -0.225. The predicted octanol–water partition coefficient (Wildman–Crippen LogP) is 1.89. The molecule has 1 saturated heterocycles. The van der Waals surface area contributed by atoms with Crippen molar-refractivity contribution in [1.82, 2.24) is 8.82 Å². The van der Waals surface area contributed by atoms with Crippen LogP contribution in [0.2, 0.25) is 4.31 Å². The summed E-state index contributed by atoms with van der Waals surface area (Å²) in [6, 6.07) is 0. The molecule has 3 nitrogen and oxygen atoms in total. The van der Waals surface area contributed by atoms with E-state index in [1.54, 1.807) is 0 Å². The minimum absolute atomic E-state index is 0.112. The standard InChI is InChI=1S/C13H22N2OSe/c1-12(2)11(16)15(17-13(12,3)4)10-6-8-14(5)9-7-10/h6H,7-9H2,1-5H3. The molecule has 1 amide bonds. The first-order valence-electron chi connectivity index (χ1n) is 6.17. The van der Waals surface area contributed by atoms with Gasteiger partial charge in [0, 0.05) is 0 Å². The van der Waals surface area contributed by atoms with Crippen LogP contribution in [-0.2, 0) is 4.79 Å². The molecule has 1 fully saturated rings. The number of likely N-dealkylation sites (N-methyl/N-ethyl adjacent to an activating group) is 1. The monoisotopic (exact) mass is 302 g/mol. The van der Waals surface area contributed by atoms with Crippen molar-refractivity contribution < 1.29 is 4.79 Å². The van der Waals surface area contributed by atoms with E-state index < -0.39 is 0 Å². The van der Waals surface area contributed by atoms with Gasteiger partial charge in [0.25, 0.3) is 0 Å². The van der Waals surface area contributed by atoms with Crippen molar-refractivity contribution in [3.8, 4) is 0 Å². The van der Waals surface area contributed by atoms with Crippen LogP contribution in [0.4, 0.5) is 0 Å². The molecule has 0 aromatic carbocycles. The first-order valence-corrected chi connectivity index (χ1v) is 7.79. The second-order valence-electron chi connectivity index (χ2n) is 6.03. The van der Waals surface area contributed by atoms with Crippen molar-refractivity contribution in [2.45, 2.75) is 38.4 Å². The van der Waals surface area contributed by atoms with Gasteiger partial charge < -0.3 is 0 Å².